The van der Waals surface area contributed by atoms with Gasteiger partial charge in [-0.15, -0.1) is 11.3 Å². The number of benzene rings is 1. The molecule has 0 radical (unpaired) electrons. The molecular weight excluding hydrogens is 295 g/mol. The van der Waals surface area contributed by atoms with Crippen molar-refractivity contribution in [2.24, 2.45) is 5.73 Å². The van der Waals surface area contributed by atoms with Crippen LogP contribution in [-0.2, 0) is 6.54 Å². The van der Waals surface area contributed by atoms with E-state index in [0.29, 0.717) is 12.1 Å². The van der Waals surface area contributed by atoms with Gasteiger partial charge in [-0.3, -0.25) is 4.90 Å². The second-order valence-corrected chi connectivity index (χ2v) is 6.68. The Labute approximate surface area is 128 Å². The maximum absolute atomic E-state index is 13.4. The van der Waals surface area contributed by atoms with Crippen LogP contribution in [0.4, 0.5) is 4.39 Å². The Balaban J connectivity index is 2.16. The Hall–Kier alpha value is -0.940. The molecule has 0 aliphatic heterocycles. The first-order valence-electron chi connectivity index (χ1n) is 6.42. The molecule has 0 saturated carbocycles. The fourth-order valence-corrected chi connectivity index (χ4v) is 3.39. The van der Waals surface area contributed by atoms with Gasteiger partial charge in [-0.25, -0.2) is 4.39 Å². The van der Waals surface area contributed by atoms with E-state index in [1.807, 2.05) is 25.2 Å². The molecule has 0 fully saturated rings. The first kappa shape index (κ1) is 15.4. The van der Waals surface area contributed by atoms with Crippen molar-refractivity contribution in [3.05, 3.63) is 56.5 Å². The fraction of sp³-hybridized carbons (Fsp3) is 0.333. The zero-order valence-electron chi connectivity index (χ0n) is 11.6. The molecule has 108 valence electrons. The van der Waals surface area contributed by atoms with Gasteiger partial charge < -0.3 is 5.73 Å². The predicted molar refractivity (Wildman–Crippen MR) is 83.7 cm³/mol. The van der Waals surface area contributed by atoms with Gasteiger partial charge in [0.1, 0.15) is 5.82 Å². The zero-order chi connectivity index (χ0) is 14.7. The lowest BCUT2D eigenvalue weighted by atomic mass is 10.0. The number of aryl methyl sites for hydroxylation is 1. The van der Waals surface area contributed by atoms with Crippen LogP contribution in [0.1, 0.15) is 22.0 Å². The minimum atomic E-state index is -0.183. The van der Waals surface area contributed by atoms with E-state index in [0.717, 1.165) is 16.4 Å². The highest BCUT2D eigenvalue weighted by Gasteiger charge is 2.17. The Bertz CT molecular complexity index is 585. The summed E-state index contributed by atoms with van der Waals surface area (Å²) in [5.74, 6) is -0.183. The summed E-state index contributed by atoms with van der Waals surface area (Å²) in [6, 6.07) is 9.16. The lowest BCUT2D eigenvalue weighted by Crippen LogP contribution is -2.30. The molecule has 2 aromatic rings. The maximum atomic E-state index is 13.4. The largest absolute Gasteiger partial charge is 0.329 e. The van der Waals surface area contributed by atoms with Crippen molar-refractivity contribution >= 4 is 22.9 Å². The molecule has 1 aromatic heterocycles. The van der Waals surface area contributed by atoms with Crippen molar-refractivity contribution in [1.82, 2.24) is 4.90 Å². The average molecular weight is 313 g/mol. The van der Waals surface area contributed by atoms with Crippen LogP contribution in [-0.4, -0.2) is 18.5 Å². The van der Waals surface area contributed by atoms with Crippen LogP contribution in [0.2, 0.25) is 4.34 Å². The number of nitrogens with two attached hydrogens (primary N) is 1. The molecule has 2 nitrogen and oxygen atoms in total. The smallest absolute Gasteiger partial charge is 0.126 e. The number of likely N-dealkylation sites (N-methyl/N-ethyl adjacent to an activating group) is 1. The summed E-state index contributed by atoms with van der Waals surface area (Å²) in [4.78, 5) is 3.35. The van der Waals surface area contributed by atoms with Crippen LogP contribution in [0.3, 0.4) is 0 Å². The van der Waals surface area contributed by atoms with Gasteiger partial charge in [-0.2, -0.15) is 0 Å². The molecule has 0 aliphatic rings. The van der Waals surface area contributed by atoms with Gasteiger partial charge in [0.15, 0.2) is 0 Å². The standard InChI is InChI=1S/C15H18ClFN2S/c1-10-7-11(3-5-13(10)17)14(8-18)19(2)9-12-4-6-15(16)20-12/h3-7,14H,8-9,18H2,1-2H3. The second kappa shape index (κ2) is 6.68. The summed E-state index contributed by atoms with van der Waals surface area (Å²) < 4.78 is 14.1. The summed E-state index contributed by atoms with van der Waals surface area (Å²) in [6.45, 7) is 3.03. The van der Waals surface area contributed by atoms with E-state index in [1.54, 1.807) is 24.3 Å². The van der Waals surface area contributed by atoms with E-state index in [-0.39, 0.29) is 11.9 Å². The minimum Gasteiger partial charge on any atom is -0.329 e. The molecule has 1 heterocycles. The highest BCUT2D eigenvalue weighted by molar-refractivity contribution is 7.16. The van der Waals surface area contributed by atoms with E-state index in [4.69, 9.17) is 17.3 Å². The maximum Gasteiger partial charge on any atom is 0.126 e. The molecular formula is C15H18ClFN2S. The molecule has 1 aromatic carbocycles. The molecule has 0 aliphatic carbocycles. The van der Waals surface area contributed by atoms with E-state index < -0.39 is 0 Å². The van der Waals surface area contributed by atoms with Gasteiger partial charge in [0.2, 0.25) is 0 Å². The van der Waals surface area contributed by atoms with Crippen molar-refractivity contribution in [3.8, 4) is 0 Å². The van der Waals surface area contributed by atoms with Crippen molar-refractivity contribution < 1.29 is 4.39 Å². The summed E-state index contributed by atoms with van der Waals surface area (Å²) in [7, 11) is 2.02. The number of hydrogen-bond acceptors (Lipinski definition) is 3. The lowest BCUT2D eigenvalue weighted by molar-refractivity contribution is 0.243. The highest BCUT2D eigenvalue weighted by Crippen LogP contribution is 2.26. The van der Waals surface area contributed by atoms with Crippen molar-refractivity contribution in [2.45, 2.75) is 19.5 Å². The first-order valence-corrected chi connectivity index (χ1v) is 7.61. The van der Waals surface area contributed by atoms with Crippen molar-refractivity contribution in [2.75, 3.05) is 13.6 Å². The van der Waals surface area contributed by atoms with Gasteiger partial charge in [0, 0.05) is 24.0 Å². The summed E-state index contributed by atoms with van der Waals surface area (Å²) in [5.41, 5.74) is 7.58. The lowest BCUT2D eigenvalue weighted by Gasteiger charge is -2.27. The van der Waals surface area contributed by atoms with E-state index in [2.05, 4.69) is 4.90 Å². The Morgan fingerprint density at radius 1 is 1.35 bits per heavy atom. The van der Waals surface area contributed by atoms with Crippen LogP contribution < -0.4 is 5.73 Å². The van der Waals surface area contributed by atoms with Crippen LogP contribution in [0.25, 0.3) is 0 Å². The van der Waals surface area contributed by atoms with Crippen LogP contribution in [0, 0.1) is 12.7 Å². The molecule has 1 atom stereocenters. The normalized spacial score (nSPS) is 12.9. The Morgan fingerprint density at radius 2 is 2.10 bits per heavy atom. The number of halogens is 2. The highest BCUT2D eigenvalue weighted by atomic mass is 35.5. The molecule has 0 bridgehead atoms. The Morgan fingerprint density at radius 3 is 2.65 bits per heavy atom. The molecule has 20 heavy (non-hydrogen) atoms. The van der Waals surface area contributed by atoms with Gasteiger partial charge in [-0.05, 0) is 43.3 Å². The molecule has 0 spiro atoms. The predicted octanol–water partition coefficient (Wildman–Crippen LogP) is 3.98. The first-order chi connectivity index (χ1) is 9.51. The topological polar surface area (TPSA) is 29.3 Å². The van der Waals surface area contributed by atoms with E-state index in [9.17, 15) is 4.39 Å². The third kappa shape index (κ3) is 3.58. The third-order valence-electron chi connectivity index (χ3n) is 3.36. The monoisotopic (exact) mass is 312 g/mol. The SMILES string of the molecule is Cc1cc(C(CN)N(C)Cc2ccc(Cl)s2)ccc1F. The van der Waals surface area contributed by atoms with Gasteiger partial charge in [-0.1, -0.05) is 23.7 Å². The minimum absolute atomic E-state index is 0.0650. The third-order valence-corrected chi connectivity index (χ3v) is 4.57. The van der Waals surface area contributed by atoms with Gasteiger partial charge >= 0.3 is 0 Å². The van der Waals surface area contributed by atoms with Crippen LogP contribution in [0.5, 0.6) is 0 Å². The number of nitrogens with zero attached hydrogens (tertiary/aromatic N) is 1. The summed E-state index contributed by atoms with van der Waals surface area (Å²) in [6.07, 6.45) is 0. The van der Waals surface area contributed by atoms with Gasteiger partial charge in [0.05, 0.1) is 4.34 Å². The van der Waals surface area contributed by atoms with E-state index >= 15 is 0 Å². The molecule has 0 saturated heterocycles. The molecule has 5 heteroatoms. The van der Waals surface area contributed by atoms with Crippen LogP contribution >= 0.6 is 22.9 Å². The van der Waals surface area contributed by atoms with Crippen LogP contribution in [0.15, 0.2) is 30.3 Å². The van der Waals surface area contributed by atoms with Gasteiger partial charge in [0.25, 0.3) is 0 Å². The summed E-state index contributed by atoms with van der Waals surface area (Å²) >= 11 is 7.51. The number of hydrogen-bond donors (Lipinski definition) is 1. The van der Waals surface area contributed by atoms with Crippen molar-refractivity contribution in [3.63, 3.8) is 0 Å². The number of thiophene rings is 1. The molecule has 1 unspecified atom stereocenters. The average Bonchev–Trinajstić information content (AvgIpc) is 2.80. The zero-order valence-corrected chi connectivity index (χ0v) is 13.1. The molecule has 2 N–H and O–H groups in total. The fourth-order valence-electron chi connectivity index (χ4n) is 2.24. The molecule has 0 amide bonds. The second-order valence-electron chi connectivity index (χ2n) is 4.88. The Kier molecular flexibility index (Phi) is 5.16. The number of rotatable bonds is 5. The quantitative estimate of drug-likeness (QED) is 0.905. The van der Waals surface area contributed by atoms with E-state index in [1.165, 1.54) is 10.9 Å². The summed E-state index contributed by atoms with van der Waals surface area (Å²) in [5, 5.41) is 0. The molecule has 2 rings (SSSR count). The van der Waals surface area contributed by atoms with Crippen molar-refractivity contribution in [1.29, 1.82) is 0 Å².